The Kier molecular flexibility index (Phi) is 6.95. The van der Waals surface area contributed by atoms with E-state index in [2.05, 4.69) is 25.1 Å². The Labute approximate surface area is 192 Å². The molecule has 0 bridgehead atoms. The van der Waals surface area contributed by atoms with E-state index in [-0.39, 0.29) is 12.5 Å². The van der Waals surface area contributed by atoms with Crippen LogP contribution in [0.25, 0.3) is 5.52 Å². The highest BCUT2D eigenvalue weighted by molar-refractivity contribution is 7.13. The maximum atomic E-state index is 12.9. The molecule has 1 atom stereocenters. The molecule has 0 saturated carbocycles. The number of amides is 1. The molecule has 5 rings (SSSR count). The van der Waals surface area contributed by atoms with Gasteiger partial charge in [-0.2, -0.15) is 0 Å². The smallest absolute Gasteiger partial charge is 0.271 e. The molecule has 2 saturated heterocycles. The molecule has 0 radical (unpaired) electrons. The maximum absolute atomic E-state index is 12.9. The summed E-state index contributed by atoms with van der Waals surface area (Å²) in [5.41, 5.74) is 0.745. The minimum absolute atomic E-state index is 0.123. The fourth-order valence-electron chi connectivity index (χ4n) is 4.43. The largest absolute Gasteiger partial charge is 0.394 e. The van der Waals surface area contributed by atoms with Gasteiger partial charge in [-0.1, -0.05) is 13.8 Å². The van der Waals surface area contributed by atoms with E-state index < -0.39 is 5.54 Å². The van der Waals surface area contributed by atoms with Gasteiger partial charge in [-0.05, 0) is 37.8 Å². The van der Waals surface area contributed by atoms with Gasteiger partial charge in [-0.3, -0.25) is 4.79 Å². The number of piperidine rings is 1. The van der Waals surface area contributed by atoms with Crippen LogP contribution < -0.4 is 15.1 Å². The molecule has 8 nitrogen and oxygen atoms in total. The Morgan fingerprint density at radius 3 is 2.78 bits per heavy atom. The summed E-state index contributed by atoms with van der Waals surface area (Å²) in [7, 11) is 0. The lowest BCUT2D eigenvalue weighted by atomic mass is 10.00. The van der Waals surface area contributed by atoms with Crippen molar-refractivity contribution in [2.75, 3.05) is 42.6 Å². The van der Waals surface area contributed by atoms with Gasteiger partial charge < -0.3 is 24.6 Å². The van der Waals surface area contributed by atoms with Crippen molar-refractivity contribution in [2.24, 2.45) is 0 Å². The summed E-state index contributed by atoms with van der Waals surface area (Å²) >= 11 is 1.52. The number of thiazole rings is 1. The molecular formula is C23H32N6O2S. The standard InChI is InChI=1S/C21H26N6O2S.C2H6/c28-15-21(6-11-27(14-21)18-17-5-4-10-25(17)12-7-22-18)24-19(29)16-13-30-20(23-16)26-8-2-1-3-9-26;1-2/h4-5,7,10,12-13,28H,1-3,6,8-9,11,14-15H2,(H,24,29);1-2H3. The van der Waals surface area contributed by atoms with Crippen LogP contribution in [-0.4, -0.2) is 63.7 Å². The Bertz CT molecular complexity index is 1040. The molecule has 2 N–H and O–H groups in total. The molecule has 9 heteroatoms. The third kappa shape index (κ3) is 4.45. The summed E-state index contributed by atoms with van der Waals surface area (Å²) in [4.78, 5) is 26.5. The van der Waals surface area contributed by atoms with Crippen molar-refractivity contribution >= 4 is 33.7 Å². The van der Waals surface area contributed by atoms with E-state index in [0.717, 1.165) is 36.1 Å². The van der Waals surface area contributed by atoms with Crippen molar-refractivity contribution in [1.29, 1.82) is 0 Å². The molecule has 1 unspecified atom stereocenters. The summed E-state index contributed by atoms with van der Waals surface area (Å²) < 4.78 is 2.03. The van der Waals surface area contributed by atoms with Gasteiger partial charge in [0.25, 0.3) is 5.91 Å². The van der Waals surface area contributed by atoms with Crippen molar-refractivity contribution < 1.29 is 9.90 Å². The van der Waals surface area contributed by atoms with Gasteiger partial charge in [0.2, 0.25) is 0 Å². The topological polar surface area (TPSA) is 86.0 Å². The zero-order chi connectivity index (χ0) is 22.6. The number of fused-ring (bicyclic) bond motifs is 1. The average Bonchev–Trinajstić information content (AvgIpc) is 3.60. The highest BCUT2D eigenvalue weighted by Gasteiger charge is 2.40. The summed E-state index contributed by atoms with van der Waals surface area (Å²) in [6, 6.07) is 4.01. The monoisotopic (exact) mass is 456 g/mol. The Morgan fingerprint density at radius 1 is 1.19 bits per heavy atom. The first-order valence-electron chi connectivity index (χ1n) is 11.5. The van der Waals surface area contributed by atoms with Crippen molar-refractivity contribution in [2.45, 2.75) is 45.1 Å². The zero-order valence-corrected chi connectivity index (χ0v) is 19.6. The molecule has 0 spiro atoms. The molecule has 5 heterocycles. The number of anilines is 2. The lowest BCUT2D eigenvalue weighted by Gasteiger charge is -2.28. The van der Waals surface area contributed by atoms with Crippen LogP contribution in [-0.2, 0) is 0 Å². The van der Waals surface area contributed by atoms with Gasteiger partial charge in [0, 0.05) is 50.1 Å². The molecule has 2 aliphatic heterocycles. The van der Waals surface area contributed by atoms with Gasteiger partial charge >= 0.3 is 0 Å². The van der Waals surface area contributed by atoms with Gasteiger partial charge in [0.15, 0.2) is 10.9 Å². The van der Waals surface area contributed by atoms with Crippen LogP contribution >= 0.6 is 11.3 Å². The number of nitrogens with one attached hydrogen (secondary N) is 1. The molecule has 32 heavy (non-hydrogen) atoms. The molecule has 0 aliphatic carbocycles. The minimum Gasteiger partial charge on any atom is -0.394 e. The Morgan fingerprint density at radius 2 is 2.00 bits per heavy atom. The first-order valence-corrected chi connectivity index (χ1v) is 12.4. The summed E-state index contributed by atoms with van der Waals surface area (Å²) in [5, 5.41) is 16.0. The van der Waals surface area contributed by atoms with E-state index in [4.69, 9.17) is 0 Å². The van der Waals surface area contributed by atoms with Gasteiger partial charge in [0.1, 0.15) is 5.69 Å². The maximum Gasteiger partial charge on any atom is 0.271 e. The van der Waals surface area contributed by atoms with Gasteiger partial charge in [-0.15, -0.1) is 11.3 Å². The number of carbonyl (C=O) groups excluding carboxylic acids is 1. The normalized spacial score (nSPS) is 20.8. The number of hydrogen-bond donors (Lipinski definition) is 2. The van der Waals surface area contributed by atoms with Crippen LogP contribution in [0.5, 0.6) is 0 Å². The number of carbonyl (C=O) groups is 1. The van der Waals surface area contributed by atoms with Crippen LogP contribution in [0.4, 0.5) is 10.9 Å². The SMILES string of the molecule is CC.O=C(NC1(CO)CCN(c2nccn3cccc23)C1)c1csc(N2CCCCC2)n1. The molecule has 3 aromatic heterocycles. The van der Waals surface area contributed by atoms with E-state index in [0.29, 0.717) is 18.7 Å². The van der Waals surface area contributed by atoms with Crippen molar-refractivity contribution in [3.8, 4) is 0 Å². The second kappa shape index (κ2) is 9.87. The number of hydrogen-bond acceptors (Lipinski definition) is 7. The molecule has 2 aliphatic rings. The first-order chi connectivity index (χ1) is 15.7. The van der Waals surface area contributed by atoms with Crippen LogP contribution in [0.2, 0.25) is 0 Å². The van der Waals surface area contributed by atoms with E-state index in [1.165, 1.54) is 30.6 Å². The third-order valence-corrected chi connectivity index (χ3v) is 7.02. The molecule has 0 aromatic carbocycles. The van der Waals surface area contributed by atoms with Crippen LogP contribution in [0, 0.1) is 0 Å². The molecule has 172 valence electrons. The van der Waals surface area contributed by atoms with E-state index in [1.54, 1.807) is 6.20 Å². The van der Waals surface area contributed by atoms with Crippen molar-refractivity contribution in [1.82, 2.24) is 19.7 Å². The van der Waals surface area contributed by atoms with Crippen molar-refractivity contribution in [3.63, 3.8) is 0 Å². The lowest BCUT2D eigenvalue weighted by molar-refractivity contribution is 0.0850. The van der Waals surface area contributed by atoms with E-state index in [9.17, 15) is 9.90 Å². The van der Waals surface area contributed by atoms with Crippen molar-refractivity contribution in [3.05, 3.63) is 41.8 Å². The number of aliphatic hydroxyl groups is 1. The fraction of sp³-hybridized carbons (Fsp3) is 0.522. The summed E-state index contributed by atoms with van der Waals surface area (Å²) in [6.45, 7) is 7.11. The van der Waals surface area contributed by atoms with Crippen LogP contribution in [0.1, 0.15) is 50.0 Å². The predicted molar refractivity (Wildman–Crippen MR) is 129 cm³/mol. The molecular weight excluding hydrogens is 424 g/mol. The second-order valence-electron chi connectivity index (χ2n) is 8.18. The average molecular weight is 457 g/mol. The zero-order valence-electron chi connectivity index (χ0n) is 18.8. The second-order valence-corrected chi connectivity index (χ2v) is 9.02. The van der Waals surface area contributed by atoms with Crippen LogP contribution in [0.15, 0.2) is 36.1 Å². The summed E-state index contributed by atoms with van der Waals surface area (Å²) in [5.74, 6) is 0.646. The highest BCUT2D eigenvalue weighted by atomic mass is 32.1. The molecule has 2 fully saturated rings. The number of nitrogens with zero attached hydrogens (tertiary/aromatic N) is 5. The van der Waals surface area contributed by atoms with Crippen LogP contribution in [0.3, 0.4) is 0 Å². The predicted octanol–water partition coefficient (Wildman–Crippen LogP) is 3.18. The van der Waals surface area contributed by atoms with E-state index >= 15 is 0 Å². The summed E-state index contributed by atoms with van der Waals surface area (Å²) in [6.07, 6.45) is 9.94. The number of aromatic nitrogens is 3. The molecule has 3 aromatic rings. The lowest BCUT2D eigenvalue weighted by Crippen LogP contribution is -2.53. The Hall–Kier alpha value is -2.65. The number of rotatable bonds is 5. The number of aliphatic hydroxyl groups excluding tert-OH is 1. The fourth-order valence-corrected chi connectivity index (χ4v) is 5.29. The molecule has 1 amide bonds. The van der Waals surface area contributed by atoms with E-state index in [1.807, 2.05) is 48.2 Å². The first kappa shape index (κ1) is 22.5. The van der Waals surface area contributed by atoms with Gasteiger partial charge in [-0.25, -0.2) is 9.97 Å². The quantitative estimate of drug-likeness (QED) is 0.613. The Balaban J connectivity index is 0.00000119. The third-order valence-electron chi connectivity index (χ3n) is 6.12. The highest BCUT2D eigenvalue weighted by Crippen LogP contribution is 2.29. The van der Waals surface area contributed by atoms with Gasteiger partial charge in [0.05, 0.1) is 17.7 Å². The minimum atomic E-state index is -0.701.